The Morgan fingerprint density at radius 1 is 1.15 bits per heavy atom. The van der Waals surface area contributed by atoms with Crippen LogP contribution in [0.5, 0.6) is 0 Å². The third kappa shape index (κ3) is 5.25. The van der Waals surface area contributed by atoms with Gasteiger partial charge in [0.2, 0.25) is 0 Å². The number of methoxy groups -OCH3 is 1. The molecule has 0 spiro atoms. The standard InChI is InChI=1S/C26H29N3O3S/c1-17-12-13-22-18(14-17)15-19(24(30)27-22)16-29(20-8-4-3-5-9-20)26(33)28-23-11-7-6-10-21(23)25(31)32-2/h6-7,10-15,20H,3-5,8-9,16H2,1-2H3,(H,27,30)(H,28,33). The lowest BCUT2D eigenvalue weighted by Gasteiger charge is -2.36. The van der Waals surface area contributed by atoms with Crippen molar-refractivity contribution in [3.8, 4) is 0 Å². The lowest BCUT2D eigenvalue weighted by molar-refractivity contribution is 0.0602. The zero-order chi connectivity index (χ0) is 23.4. The fraction of sp³-hybridized carbons (Fsp3) is 0.346. The number of esters is 1. The number of nitrogens with zero attached hydrogens (tertiary/aromatic N) is 1. The van der Waals surface area contributed by atoms with Gasteiger partial charge in [0.15, 0.2) is 5.11 Å². The first kappa shape index (κ1) is 23.0. The summed E-state index contributed by atoms with van der Waals surface area (Å²) in [6, 6.07) is 15.3. The molecule has 2 N–H and O–H groups in total. The molecule has 0 radical (unpaired) electrons. The number of aromatic amines is 1. The van der Waals surface area contributed by atoms with Crippen molar-refractivity contribution < 1.29 is 9.53 Å². The molecule has 1 aliphatic rings. The predicted molar refractivity (Wildman–Crippen MR) is 136 cm³/mol. The smallest absolute Gasteiger partial charge is 0.339 e. The van der Waals surface area contributed by atoms with Crippen LogP contribution in [0.1, 0.15) is 53.6 Å². The molecule has 4 rings (SSSR count). The molecule has 3 aromatic rings. The number of carbonyl (C=O) groups excluding carboxylic acids is 1. The minimum absolute atomic E-state index is 0.107. The number of carbonyl (C=O) groups is 1. The van der Waals surface area contributed by atoms with Crippen LogP contribution in [0.4, 0.5) is 5.69 Å². The SMILES string of the molecule is COC(=O)c1ccccc1NC(=S)N(Cc1cc2cc(C)ccc2[nH]c1=O)C1CCCCC1. The number of pyridine rings is 1. The topological polar surface area (TPSA) is 74.4 Å². The number of aromatic nitrogens is 1. The van der Waals surface area contributed by atoms with Gasteiger partial charge in [-0.1, -0.05) is 43.0 Å². The van der Waals surface area contributed by atoms with Crippen LogP contribution in [-0.2, 0) is 11.3 Å². The minimum Gasteiger partial charge on any atom is -0.465 e. The zero-order valence-corrected chi connectivity index (χ0v) is 19.8. The second kappa shape index (κ2) is 10.2. The maximum Gasteiger partial charge on any atom is 0.339 e. The van der Waals surface area contributed by atoms with Gasteiger partial charge in [-0.3, -0.25) is 4.79 Å². The first-order chi connectivity index (χ1) is 16.0. The fourth-order valence-electron chi connectivity index (χ4n) is 4.50. The van der Waals surface area contributed by atoms with Gasteiger partial charge in [-0.25, -0.2) is 4.79 Å². The molecule has 0 unspecified atom stereocenters. The molecule has 0 atom stereocenters. The number of para-hydroxylation sites is 1. The third-order valence-electron chi connectivity index (χ3n) is 6.27. The van der Waals surface area contributed by atoms with Crippen LogP contribution in [0, 0.1) is 6.92 Å². The van der Waals surface area contributed by atoms with E-state index in [0.29, 0.717) is 28.5 Å². The van der Waals surface area contributed by atoms with Crippen molar-refractivity contribution in [2.24, 2.45) is 0 Å². The molecular formula is C26H29N3O3S. The van der Waals surface area contributed by atoms with Gasteiger partial charge >= 0.3 is 5.97 Å². The molecule has 1 heterocycles. The maximum atomic E-state index is 12.9. The number of thiocarbonyl (C=S) groups is 1. The Labute approximate surface area is 199 Å². The second-order valence-corrected chi connectivity index (χ2v) is 8.99. The normalized spacial score (nSPS) is 14.1. The van der Waals surface area contributed by atoms with Gasteiger partial charge in [-0.05, 0) is 67.7 Å². The average Bonchev–Trinajstić information content (AvgIpc) is 2.83. The molecular weight excluding hydrogens is 434 g/mol. The fourth-order valence-corrected chi connectivity index (χ4v) is 4.82. The van der Waals surface area contributed by atoms with Crippen LogP contribution >= 0.6 is 12.2 Å². The van der Waals surface area contributed by atoms with Gasteiger partial charge in [-0.15, -0.1) is 0 Å². The Hall–Kier alpha value is -3.19. The van der Waals surface area contributed by atoms with Gasteiger partial charge in [-0.2, -0.15) is 0 Å². The number of fused-ring (bicyclic) bond motifs is 1. The quantitative estimate of drug-likeness (QED) is 0.402. The van der Waals surface area contributed by atoms with Crippen molar-refractivity contribution >= 4 is 39.9 Å². The van der Waals surface area contributed by atoms with E-state index in [9.17, 15) is 9.59 Å². The van der Waals surface area contributed by atoms with E-state index in [1.165, 1.54) is 13.5 Å². The number of benzene rings is 2. The summed E-state index contributed by atoms with van der Waals surface area (Å²) >= 11 is 5.83. The monoisotopic (exact) mass is 463 g/mol. The molecule has 0 aliphatic heterocycles. The summed E-state index contributed by atoms with van der Waals surface area (Å²) in [7, 11) is 1.36. The van der Waals surface area contributed by atoms with Crippen molar-refractivity contribution in [2.45, 2.75) is 51.6 Å². The Bertz CT molecular complexity index is 1230. The van der Waals surface area contributed by atoms with Crippen LogP contribution in [0.25, 0.3) is 10.9 Å². The van der Waals surface area contributed by atoms with Crippen molar-refractivity contribution in [2.75, 3.05) is 12.4 Å². The highest BCUT2D eigenvalue weighted by molar-refractivity contribution is 7.80. The molecule has 1 aromatic heterocycles. The van der Waals surface area contributed by atoms with E-state index in [4.69, 9.17) is 17.0 Å². The zero-order valence-electron chi connectivity index (χ0n) is 19.0. The first-order valence-corrected chi connectivity index (χ1v) is 11.7. The Morgan fingerprint density at radius 2 is 1.91 bits per heavy atom. The molecule has 7 heteroatoms. The number of anilines is 1. The van der Waals surface area contributed by atoms with Crippen LogP contribution in [0.3, 0.4) is 0 Å². The number of hydrogen-bond donors (Lipinski definition) is 2. The van der Waals surface area contributed by atoms with Crippen LogP contribution in [0.15, 0.2) is 53.3 Å². The van der Waals surface area contributed by atoms with E-state index in [1.807, 2.05) is 37.3 Å². The molecule has 6 nitrogen and oxygen atoms in total. The summed E-state index contributed by atoms with van der Waals surface area (Å²) < 4.78 is 4.92. The number of ether oxygens (including phenoxy) is 1. The second-order valence-electron chi connectivity index (χ2n) is 8.60. The Morgan fingerprint density at radius 3 is 2.67 bits per heavy atom. The van der Waals surface area contributed by atoms with Crippen LogP contribution < -0.4 is 10.9 Å². The molecule has 0 amide bonds. The highest BCUT2D eigenvalue weighted by atomic mass is 32.1. The number of nitrogens with one attached hydrogen (secondary N) is 2. The van der Waals surface area contributed by atoms with Gasteiger partial charge in [0.05, 0.1) is 24.9 Å². The largest absolute Gasteiger partial charge is 0.465 e. The van der Waals surface area contributed by atoms with Crippen LogP contribution in [0.2, 0.25) is 0 Å². The summed E-state index contributed by atoms with van der Waals surface area (Å²) in [4.78, 5) is 30.2. The van der Waals surface area contributed by atoms with E-state index in [2.05, 4.69) is 21.3 Å². The summed E-state index contributed by atoms with van der Waals surface area (Å²) in [5.74, 6) is -0.425. The molecule has 1 fully saturated rings. The molecule has 1 aliphatic carbocycles. The summed E-state index contributed by atoms with van der Waals surface area (Å²) in [5, 5.41) is 4.76. The lowest BCUT2D eigenvalue weighted by Crippen LogP contribution is -2.44. The summed E-state index contributed by atoms with van der Waals surface area (Å²) in [6.45, 7) is 2.44. The van der Waals surface area contributed by atoms with Gasteiger partial charge < -0.3 is 19.9 Å². The maximum absolute atomic E-state index is 12.9. The van der Waals surface area contributed by atoms with Crippen molar-refractivity contribution in [1.82, 2.24) is 9.88 Å². The van der Waals surface area contributed by atoms with Crippen molar-refractivity contribution in [3.05, 3.63) is 75.6 Å². The Kier molecular flexibility index (Phi) is 7.08. The highest BCUT2D eigenvalue weighted by Crippen LogP contribution is 2.26. The van der Waals surface area contributed by atoms with Crippen molar-refractivity contribution in [1.29, 1.82) is 0 Å². The number of H-pyrrole nitrogens is 1. The van der Waals surface area contributed by atoms with E-state index in [1.54, 1.807) is 12.1 Å². The average molecular weight is 464 g/mol. The number of hydrogen-bond acceptors (Lipinski definition) is 4. The molecule has 172 valence electrons. The third-order valence-corrected chi connectivity index (χ3v) is 6.60. The first-order valence-electron chi connectivity index (χ1n) is 11.3. The van der Waals surface area contributed by atoms with E-state index < -0.39 is 5.97 Å². The van der Waals surface area contributed by atoms with E-state index >= 15 is 0 Å². The van der Waals surface area contributed by atoms with E-state index in [0.717, 1.165) is 42.1 Å². The predicted octanol–water partition coefficient (Wildman–Crippen LogP) is 5.15. The van der Waals surface area contributed by atoms with E-state index in [-0.39, 0.29) is 11.6 Å². The van der Waals surface area contributed by atoms with Crippen molar-refractivity contribution in [3.63, 3.8) is 0 Å². The minimum atomic E-state index is -0.425. The molecule has 2 aromatic carbocycles. The molecule has 0 saturated heterocycles. The van der Waals surface area contributed by atoms with Gasteiger partial charge in [0.1, 0.15) is 0 Å². The highest BCUT2D eigenvalue weighted by Gasteiger charge is 2.25. The Balaban J connectivity index is 1.66. The summed E-state index contributed by atoms with van der Waals surface area (Å²) in [5.41, 5.74) is 3.55. The lowest BCUT2D eigenvalue weighted by atomic mass is 9.94. The number of rotatable bonds is 5. The number of aryl methyl sites for hydroxylation is 1. The van der Waals surface area contributed by atoms with Gasteiger partial charge in [0.25, 0.3) is 5.56 Å². The molecule has 1 saturated carbocycles. The van der Waals surface area contributed by atoms with Crippen LogP contribution in [-0.4, -0.2) is 34.1 Å². The summed E-state index contributed by atoms with van der Waals surface area (Å²) in [6.07, 6.45) is 5.52. The van der Waals surface area contributed by atoms with Gasteiger partial charge in [0, 0.05) is 17.1 Å². The molecule has 0 bridgehead atoms. The molecule has 33 heavy (non-hydrogen) atoms.